The molecule has 0 saturated heterocycles. The van der Waals surface area contributed by atoms with Gasteiger partial charge in [0.25, 0.3) is 0 Å². The van der Waals surface area contributed by atoms with E-state index < -0.39 is 0 Å². The molecule has 1 aliphatic carbocycles. The Morgan fingerprint density at radius 2 is 2.06 bits per heavy atom. The third-order valence-electron chi connectivity index (χ3n) is 4.27. The third kappa shape index (κ3) is 3.52. The maximum absolute atomic E-state index is 3.47. The first-order valence-corrected chi connectivity index (χ1v) is 8.06. The molecule has 0 spiro atoms. The van der Waals surface area contributed by atoms with Gasteiger partial charge >= 0.3 is 0 Å². The van der Waals surface area contributed by atoms with E-state index in [0.717, 1.165) is 12.0 Å². The molecule has 1 N–H and O–H groups in total. The number of benzene rings is 1. The molecule has 2 heteroatoms. The molecule has 1 fully saturated rings. The van der Waals surface area contributed by atoms with E-state index in [1.807, 2.05) is 11.8 Å². The molecule has 0 aliphatic heterocycles. The molecular formula is C16H25NS. The van der Waals surface area contributed by atoms with Crippen molar-refractivity contribution in [2.75, 3.05) is 12.8 Å². The fraction of sp³-hybridized carbons (Fsp3) is 0.625. The minimum atomic E-state index is 0.769. The first-order chi connectivity index (χ1) is 8.70. The Balaban J connectivity index is 1.79. The Hall–Kier alpha value is -0.470. The highest BCUT2D eigenvalue weighted by Crippen LogP contribution is 2.31. The number of aryl methyl sites for hydroxylation is 2. The molecule has 1 aromatic carbocycles. The molecule has 0 aromatic heterocycles. The second-order valence-electron chi connectivity index (χ2n) is 5.47. The fourth-order valence-electron chi connectivity index (χ4n) is 2.89. The van der Waals surface area contributed by atoms with Crippen LogP contribution in [0.25, 0.3) is 0 Å². The molecule has 2 rings (SSSR count). The van der Waals surface area contributed by atoms with Gasteiger partial charge < -0.3 is 5.32 Å². The highest BCUT2D eigenvalue weighted by Gasteiger charge is 2.25. The molecule has 0 radical (unpaired) electrons. The summed E-state index contributed by atoms with van der Waals surface area (Å²) in [4.78, 5) is 1.43. The largest absolute Gasteiger partial charge is 0.317 e. The van der Waals surface area contributed by atoms with Gasteiger partial charge in [0.15, 0.2) is 0 Å². The van der Waals surface area contributed by atoms with E-state index in [4.69, 9.17) is 0 Å². The quantitative estimate of drug-likeness (QED) is 0.800. The van der Waals surface area contributed by atoms with Gasteiger partial charge in [-0.15, -0.1) is 11.8 Å². The predicted molar refractivity (Wildman–Crippen MR) is 81.4 cm³/mol. The lowest BCUT2D eigenvalue weighted by Crippen LogP contribution is -2.29. The Morgan fingerprint density at radius 3 is 2.78 bits per heavy atom. The maximum atomic E-state index is 3.47. The first kappa shape index (κ1) is 14.0. The van der Waals surface area contributed by atoms with Gasteiger partial charge in [-0.2, -0.15) is 0 Å². The van der Waals surface area contributed by atoms with Crippen molar-refractivity contribution in [3.8, 4) is 0 Å². The number of hydrogen-bond acceptors (Lipinski definition) is 2. The molecule has 0 amide bonds. The second-order valence-corrected chi connectivity index (χ2v) is 6.64. The molecule has 2 atom stereocenters. The lowest BCUT2D eigenvalue weighted by atomic mass is 10.0. The first-order valence-electron chi connectivity index (χ1n) is 7.08. The molecule has 0 bridgehead atoms. The van der Waals surface area contributed by atoms with Crippen LogP contribution in [0.15, 0.2) is 23.1 Å². The zero-order valence-electron chi connectivity index (χ0n) is 11.8. The maximum Gasteiger partial charge on any atom is 0.00926 e. The molecule has 0 heterocycles. The minimum absolute atomic E-state index is 0.769. The SMILES string of the molecule is CNC1CCCC1CCSc1ccc(C)c(C)c1. The van der Waals surface area contributed by atoms with Gasteiger partial charge in [-0.05, 0) is 75.1 Å². The lowest BCUT2D eigenvalue weighted by Gasteiger charge is -2.18. The zero-order chi connectivity index (χ0) is 13.0. The summed E-state index contributed by atoms with van der Waals surface area (Å²) in [5, 5.41) is 3.47. The Labute approximate surface area is 116 Å². The molecule has 1 nitrogen and oxygen atoms in total. The van der Waals surface area contributed by atoms with E-state index >= 15 is 0 Å². The summed E-state index contributed by atoms with van der Waals surface area (Å²) in [6.07, 6.45) is 5.54. The number of rotatable bonds is 5. The van der Waals surface area contributed by atoms with Crippen molar-refractivity contribution < 1.29 is 0 Å². The van der Waals surface area contributed by atoms with Crippen LogP contribution >= 0.6 is 11.8 Å². The van der Waals surface area contributed by atoms with E-state index in [1.165, 1.54) is 47.5 Å². The van der Waals surface area contributed by atoms with Gasteiger partial charge in [0, 0.05) is 10.9 Å². The monoisotopic (exact) mass is 263 g/mol. The summed E-state index contributed by atoms with van der Waals surface area (Å²) in [5.74, 6) is 2.15. The van der Waals surface area contributed by atoms with Crippen molar-refractivity contribution in [1.82, 2.24) is 5.32 Å². The van der Waals surface area contributed by atoms with Crippen molar-refractivity contribution in [1.29, 1.82) is 0 Å². The fourth-order valence-corrected chi connectivity index (χ4v) is 3.97. The number of hydrogen-bond donors (Lipinski definition) is 1. The summed E-state index contributed by atoms with van der Waals surface area (Å²) < 4.78 is 0. The van der Waals surface area contributed by atoms with E-state index in [0.29, 0.717) is 0 Å². The van der Waals surface area contributed by atoms with Gasteiger partial charge in [0.05, 0.1) is 0 Å². The van der Waals surface area contributed by atoms with Crippen molar-refractivity contribution >= 4 is 11.8 Å². The van der Waals surface area contributed by atoms with Crippen molar-refractivity contribution in [3.63, 3.8) is 0 Å². The second kappa shape index (κ2) is 6.63. The van der Waals surface area contributed by atoms with Crippen molar-refractivity contribution in [2.45, 2.75) is 50.5 Å². The normalized spacial score (nSPS) is 23.5. The summed E-state index contributed by atoms with van der Waals surface area (Å²) in [6.45, 7) is 4.38. The standard InChI is InChI=1S/C16H25NS/c1-12-7-8-15(11-13(12)2)18-10-9-14-5-4-6-16(14)17-3/h7-8,11,14,16-17H,4-6,9-10H2,1-3H3. The van der Waals surface area contributed by atoms with Crippen LogP contribution < -0.4 is 5.32 Å². The summed E-state index contributed by atoms with van der Waals surface area (Å²) >= 11 is 2.01. The van der Waals surface area contributed by atoms with Crippen LogP contribution in [-0.4, -0.2) is 18.8 Å². The van der Waals surface area contributed by atoms with Gasteiger partial charge in [-0.1, -0.05) is 12.5 Å². The van der Waals surface area contributed by atoms with E-state index in [2.05, 4.69) is 44.4 Å². The molecule has 1 aliphatic rings. The molecular weight excluding hydrogens is 238 g/mol. The summed E-state index contributed by atoms with van der Waals surface area (Å²) in [6, 6.07) is 7.59. The Kier molecular flexibility index (Phi) is 5.13. The molecule has 18 heavy (non-hydrogen) atoms. The van der Waals surface area contributed by atoms with Gasteiger partial charge in [-0.3, -0.25) is 0 Å². The number of nitrogens with one attached hydrogen (secondary N) is 1. The van der Waals surface area contributed by atoms with Crippen LogP contribution in [0.2, 0.25) is 0 Å². The molecule has 2 unspecified atom stereocenters. The van der Waals surface area contributed by atoms with Crippen LogP contribution in [0.5, 0.6) is 0 Å². The van der Waals surface area contributed by atoms with Gasteiger partial charge in [-0.25, -0.2) is 0 Å². The van der Waals surface area contributed by atoms with Crippen LogP contribution in [0, 0.1) is 19.8 Å². The molecule has 1 saturated carbocycles. The number of thioether (sulfide) groups is 1. The Bertz CT molecular complexity index is 389. The van der Waals surface area contributed by atoms with E-state index in [1.54, 1.807) is 0 Å². The van der Waals surface area contributed by atoms with Crippen molar-refractivity contribution in [3.05, 3.63) is 29.3 Å². The zero-order valence-corrected chi connectivity index (χ0v) is 12.6. The van der Waals surface area contributed by atoms with E-state index in [9.17, 15) is 0 Å². The van der Waals surface area contributed by atoms with Crippen LogP contribution in [0.3, 0.4) is 0 Å². The third-order valence-corrected chi connectivity index (χ3v) is 5.29. The average Bonchev–Trinajstić information content (AvgIpc) is 2.81. The summed E-state index contributed by atoms with van der Waals surface area (Å²) in [7, 11) is 2.11. The predicted octanol–water partition coefficient (Wildman–Crippen LogP) is 4.17. The topological polar surface area (TPSA) is 12.0 Å². The molecule has 100 valence electrons. The van der Waals surface area contributed by atoms with Crippen LogP contribution in [0.1, 0.15) is 36.8 Å². The smallest absolute Gasteiger partial charge is 0.00926 e. The Morgan fingerprint density at radius 1 is 1.22 bits per heavy atom. The summed E-state index contributed by atoms with van der Waals surface area (Å²) in [5.41, 5.74) is 2.80. The average molecular weight is 263 g/mol. The van der Waals surface area contributed by atoms with Crippen LogP contribution in [-0.2, 0) is 0 Å². The highest BCUT2D eigenvalue weighted by atomic mass is 32.2. The highest BCUT2D eigenvalue weighted by molar-refractivity contribution is 7.99. The lowest BCUT2D eigenvalue weighted by molar-refractivity contribution is 0.417. The van der Waals surface area contributed by atoms with Gasteiger partial charge in [0.1, 0.15) is 0 Å². The van der Waals surface area contributed by atoms with Crippen molar-refractivity contribution in [2.24, 2.45) is 5.92 Å². The molecule has 1 aromatic rings. The van der Waals surface area contributed by atoms with Crippen LogP contribution in [0.4, 0.5) is 0 Å². The van der Waals surface area contributed by atoms with Gasteiger partial charge in [0.2, 0.25) is 0 Å². The minimum Gasteiger partial charge on any atom is -0.317 e. The van der Waals surface area contributed by atoms with E-state index in [-0.39, 0.29) is 0 Å².